The number of aryl methyl sites for hydroxylation is 1. The first-order valence-electron chi connectivity index (χ1n) is 5.81. The first-order chi connectivity index (χ1) is 7.22. The van der Waals surface area contributed by atoms with E-state index in [-0.39, 0.29) is 5.60 Å². The predicted molar refractivity (Wildman–Crippen MR) is 65.4 cm³/mol. The molecule has 0 spiro atoms. The zero-order valence-corrected chi connectivity index (χ0v) is 11.0. The Morgan fingerprint density at radius 3 is 2.33 bits per heavy atom. The lowest BCUT2D eigenvalue weighted by Crippen LogP contribution is -2.28. The van der Waals surface area contributed by atoms with Crippen LogP contribution in [0.5, 0.6) is 0 Å². The first kappa shape index (κ1) is 12.7. The van der Waals surface area contributed by atoms with E-state index in [0.717, 1.165) is 30.9 Å². The molecule has 1 aromatic rings. The Morgan fingerprint density at radius 2 is 1.93 bits per heavy atom. The van der Waals surface area contributed by atoms with Crippen molar-refractivity contribution in [1.29, 1.82) is 0 Å². The van der Waals surface area contributed by atoms with Gasteiger partial charge in [-0.3, -0.25) is 0 Å². The molecular weight excluding hydrogens is 206 g/mol. The molecule has 86 valence electrons. The fourth-order valence-electron chi connectivity index (χ4n) is 1.78. The van der Waals surface area contributed by atoms with Gasteiger partial charge in [-0.05, 0) is 26.2 Å². The summed E-state index contributed by atoms with van der Waals surface area (Å²) in [7, 11) is 0. The van der Waals surface area contributed by atoms with Gasteiger partial charge in [0.2, 0.25) is 0 Å². The fraction of sp³-hybridized carbons (Fsp3) is 0.750. The topological polar surface area (TPSA) is 22.1 Å². The molecule has 0 bridgehead atoms. The Bertz CT molecular complexity index is 292. The van der Waals surface area contributed by atoms with Crippen LogP contribution in [-0.4, -0.2) is 11.6 Å². The average Bonchev–Trinajstić information content (AvgIpc) is 2.75. The lowest BCUT2D eigenvalue weighted by molar-refractivity contribution is -0.0506. The van der Waals surface area contributed by atoms with Gasteiger partial charge in [0.25, 0.3) is 0 Å². The van der Waals surface area contributed by atoms with Gasteiger partial charge in [-0.2, -0.15) is 0 Å². The van der Waals surface area contributed by atoms with Gasteiger partial charge < -0.3 is 4.74 Å². The van der Waals surface area contributed by atoms with Gasteiger partial charge in [0, 0.05) is 17.7 Å². The molecule has 0 fully saturated rings. The molecule has 15 heavy (non-hydrogen) atoms. The van der Waals surface area contributed by atoms with Crippen LogP contribution < -0.4 is 0 Å². The summed E-state index contributed by atoms with van der Waals surface area (Å²) in [5.74, 6) is 0. The lowest BCUT2D eigenvalue weighted by Gasteiger charge is -2.29. The number of hydrogen-bond donors (Lipinski definition) is 0. The van der Waals surface area contributed by atoms with E-state index in [2.05, 4.69) is 32.7 Å². The molecule has 0 aliphatic heterocycles. The second-order valence-corrected chi connectivity index (χ2v) is 4.73. The molecule has 0 saturated carbocycles. The molecule has 0 atom stereocenters. The van der Waals surface area contributed by atoms with Crippen molar-refractivity contribution in [3.05, 3.63) is 16.1 Å². The SMILES string of the molecule is CCOC(CC)(CC)c1ncc(CC)s1. The van der Waals surface area contributed by atoms with Crippen LogP contribution in [0.4, 0.5) is 0 Å². The third-order valence-corrected chi connectivity index (χ3v) is 4.18. The largest absolute Gasteiger partial charge is 0.368 e. The summed E-state index contributed by atoms with van der Waals surface area (Å²) < 4.78 is 5.92. The third-order valence-electron chi connectivity index (χ3n) is 2.85. The van der Waals surface area contributed by atoms with Crippen LogP contribution in [0, 0.1) is 0 Å². The van der Waals surface area contributed by atoms with Gasteiger partial charge in [-0.1, -0.05) is 20.8 Å². The van der Waals surface area contributed by atoms with E-state index in [1.807, 2.05) is 6.20 Å². The van der Waals surface area contributed by atoms with Gasteiger partial charge in [0.15, 0.2) is 0 Å². The molecule has 1 heterocycles. The lowest BCUT2D eigenvalue weighted by atomic mass is 9.98. The smallest absolute Gasteiger partial charge is 0.125 e. The number of hydrogen-bond acceptors (Lipinski definition) is 3. The molecule has 0 unspecified atom stereocenters. The standard InChI is InChI=1S/C12H21NOS/c1-5-10-9-13-11(15-10)12(6-2,7-3)14-8-4/h9H,5-8H2,1-4H3. The highest BCUT2D eigenvalue weighted by Gasteiger charge is 2.32. The van der Waals surface area contributed by atoms with Crippen LogP contribution >= 0.6 is 11.3 Å². The second kappa shape index (κ2) is 5.61. The minimum Gasteiger partial charge on any atom is -0.368 e. The van der Waals surface area contributed by atoms with E-state index in [1.165, 1.54) is 4.88 Å². The second-order valence-electron chi connectivity index (χ2n) is 3.62. The Labute approximate surface area is 96.7 Å². The van der Waals surface area contributed by atoms with Crippen molar-refractivity contribution in [2.75, 3.05) is 6.61 Å². The molecule has 0 N–H and O–H groups in total. The Hall–Kier alpha value is -0.410. The maximum Gasteiger partial charge on any atom is 0.125 e. The van der Waals surface area contributed by atoms with Crippen LogP contribution in [-0.2, 0) is 16.8 Å². The summed E-state index contributed by atoms with van der Waals surface area (Å²) in [4.78, 5) is 5.86. The highest BCUT2D eigenvalue weighted by molar-refractivity contribution is 7.11. The van der Waals surface area contributed by atoms with Crippen molar-refractivity contribution in [3.8, 4) is 0 Å². The highest BCUT2D eigenvalue weighted by Crippen LogP contribution is 2.35. The van der Waals surface area contributed by atoms with Crippen LogP contribution in [0.3, 0.4) is 0 Å². The summed E-state index contributed by atoms with van der Waals surface area (Å²) in [5.41, 5.74) is -0.146. The van der Waals surface area contributed by atoms with E-state index in [9.17, 15) is 0 Å². The van der Waals surface area contributed by atoms with Gasteiger partial charge in [-0.25, -0.2) is 4.98 Å². The van der Waals surface area contributed by atoms with E-state index in [1.54, 1.807) is 11.3 Å². The summed E-state index contributed by atoms with van der Waals surface area (Å²) in [6.45, 7) is 9.31. The molecule has 1 rings (SSSR count). The average molecular weight is 227 g/mol. The molecule has 0 saturated heterocycles. The normalized spacial score (nSPS) is 12.0. The molecule has 0 aromatic carbocycles. The van der Waals surface area contributed by atoms with Crippen molar-refractivity contribution >= 4 is 11.3 Å². The van der Waals surface area contributed by atoms with Crippen molar-refractivity contribution in [1.82, 2.24) is 4.98 Å². The maximum atomic E-state index is 5.92. The summed E-state index contributed by atoms with van der Waals surface area (Å²) >= 11 is 1.79. The first-order valence-corrected chi connectivity index (χ1v) is 6.63. The van der Waals surface area contributed by atoms with E-state index in [4.69, 9.17) is 4.74 Å². The number of rotatable bonds is 6. The Balaban J connectivity index is 2.96. The summed E-state index contributed by atoms with van der Waals surface area (Å²) in [6, 6.07) is 0. The quantitative estimate of drug-likeness (QED) is 0.738. The monoisotopic (exact) mass is 227 g/mol. The van der Waals surface area contributed by atoms with Gasteiger partial charge in [0.05, 0.1) is 0 Å². The van der Waals surface area contributed by atoms with Crippen LogP contribution in [0.25, 0.3) is 0 Å². The van der Waals surface area contributed by atoms with Crippen molar-refractivity contribution in [2.24, 2.45) is 0 Å². The Kier molecular flexibility index (Phi) is 4.74. The highest BCUT2D eigenvalue weighted by atomic mass is 32.1. The van der Waals surface area contributed by atoms with Crippen LogP contribution in [0.2, 0.25) is 0 Å². The molecular formula is C12H21NOS. The molecule has 0 amide bonds. The summed E-state index contributed by atoms with van der Waals surface area (Å²) in [5, 5.41) is 1.14. The zero-order chi connectivity index (χ0) is 11.3. The molecule has 0 aliphatic rings. The van der Waals surface area contributed by atoms with Crippen molar-refractivity contribution in [2.45, 2.75) is 52.6 Å². The van der Waals surface area contributed by atoms with Gasteiger partial charge in [0.1, 0.15) is 10.6 Å². The molecule has 0 aliphatic carbocycles. The predicted octanol–water partition coefficient (Wildman–Crippen LogP) is 3.76. The number of aromatic nitrogens is 1. The van der Waals surface area contributed by atoms with E-state index < -0.39 is 0 Å². The minimum atomic E-state index is -0.146. The van der Waals surface area contributed by atoms with Gasteiger partial charge in [-0.15, -0.1) is 11.3 Å². The third kappa shape index (κ3) is 2.58. The van der Waals surface area contributed by atoms with Crippen molar-refractivity contribution < 1.29 is 4.74 Å². The fourth-order valence-corrected chi connectivity index (χ4v) is 2.91. The maximum absolute atomic E-state index is 5.92. The molecule has 3 heteroatoms. The van der Waals surface area contributed by atoms with Gasteiger partial charge >= 0.3 is 0 Å². The van der Waals surface area contributed by atoms with E-state index in [0.29, 0.717) is 0 Å². The number of nitrogens with zero attached hydrogens (tertiary/aromatic N) is 1. The van der Waals surface area contributed by atoms with Crippen LogP contribution in [0.15, 0.2) is 6.20 Å². The van der Waals surface area contributed by atoms with E-state index >= 15 is 0 Å². The molecule has 2 nitrogen and oxygen atoms in total. The number of ether oxygens (including phenoxy) is 1. The van der Waals surface area contributed by atoms with Crippen LogP contribution in [0.1, 0.15) is 50.4 Å². The summed E-state index contributed by atoms with van der Waals surface area (Å²) in [6.07, 6.45) is 5.04. The number of thiazole rings is 1. The molecule has 1 aromatic heterocycles. The van der Waals surface area contributed by atoms with Crippen molar-refractivity contribution in [3.63, 3.8) is 0 Å². The minimum absolute atomic E-state index is 0.146. The zero-order valence-electron chi connectivity index (χ0n) is 10.2. The molecule has 0 radical (unpaired) electrons. The Morgan fingerprint density at radius 1 is 1.27 bits per heavy atom.